The van der Waals surface area contributed by atoms with E-state index < -0.39 is 16.9 Å². The summed E-state index contributed by atoms with van der Waals surface area (Å²) in [6.45, 7) is 0. The standard InChI is InChI=1S/C19H15FN2O4S/c1-26-16-9-6-13(11-15(16)22(24)25)19(23)21-18(17-3-2-10-27-17)12-4-7-14(20)8-5-12/h2-11,18H,1H3,(H,21,23)/t18-/m1/s1. The first-order valence-corrected chi connectivity index (χ1v) is 8.79. The van der Waals surface area contributed by atoms with Crippen molar-refractivity contribution >= 4 is 22.9 Å². The highest BCUT2D eigenvalue weighted by Gasteiger charge is 2.22. The van der Waals surface area contributed by atoms with Gasteiger partial charge in [-0.15, -0.1) is 11.3 Å². The van der Waals surface area contributed by atoms with Crippen LogP contribution in [-0.2, 0) is 0 Å². The molecule has 0 radical (unpaired) electrons. The van der Waals surface area contributed by atoms with E-state index in [-0.39, 0.29) is 22.8 Å². The largest absolute Gasteiger partial charge is 0.490 e. The second-order valence-corrected chi connectivity index (χ2v) is 6.60. The summed E-state index contributed by atoms with van der Waals surface area (Å²) >= 11 is 1.44. The second-order valence-electron chi connectivity index (χ2n) is 5.62. The molecule has 2 aromatic carbocycles. The average Bonchev–Trinajstić information content (AvgIpc) is 3.20. The van der Waals surface area contributed by atoms with E-state index in [4.69, 9.17) is 4.74 Å². The van der Waals surface area contributed by atoms with Crippen LogP contribution in [0.5, 0.6) is 5.75 Å². The molecule has 0 spiro atoms. The van der Waals surface area contributed by atoms with E-state index in [2.05, 4.69) is 5.32 Å². The highest BCUT2D eigenvalue weighted by atomic mass is 32.1. The van der Waals surface area contributed by atoms with E-state index in [1.807, 2.05) is 17.5 Å². The molecule has 0 fully saturated rings. The van der Waals surface area contributed by atoms with Gasteiger partial charge < -0.3 is 10.1 Å². The Bertz CT molecular complexity index is 958. The lowest BCUT2D eigenvalue weighted by molar-refractivity contribution is -0.385. The summed E-state index contributed by atoms with van der Waals surface area (Å²) in [5.74, 6) is -0.783. The van der Waals surface area contributed by atoms with Gasteiger partial charge in [0.15, 0.2) is 5.75 Å². The molecule has 3 rings (SSSR count). The van der Waals surface area contributed by atoms with E-state index in [0.717, 1.165) is 4.88 Å². The fourth-order valence-corrected chi connectivity index (χ4v) is 3.42. The molecule has 0 aliphatic rings. The number of rotatable bonds is 6. The van der Waals surface area contributed by atoms with Gasteiger partial charge in [-0.1, -0.05) is 18.2 Å². The summed E-state index contributed by atoms with van der Waals surface area (Å²) in [7, 11) is 1.32. The number of nitrogens with zero attached hydrogens (tertiary/aromatic N) is 1. The molecule has 1 N–H and O–H groups in total. The topological polar surface area (TPSA) is 81.5 Å². The first-order valence-electron chi connectivity index (χ1n) is 7.91. The van der Waals surface area contributed by atoms with Crippen LogP contribution < -0.4 is 10.1 Å². The summed E-state index contributed by atoms with van der Waals surface area (Å²) in [6.07, 6.45) is 0. The van der Waals surface area contributed by atoms with Crippen molar-refractivity contribution in [2.45, 2.75) is 6.04 Å². The average molecular weight is 386 g/mol. The maximum atomic E-state index is 13.3. The first kappa shape index (κ1) is 18.5. The molecule has 0 bridgehead atoms. The van der Waals surface area contributed by atoms with Crippen LogP contribution in [0.2, 0.25) is 0 Å². The molecule has 3 aromatic rings. The number of benzene rings is 2. The van der Waals surface area contributed by atoms with Crippen LogP contribution in [0.1, 0.15) is 26.8 Å². The number of carbonyl (C=O) groups excluding carboxylic acids is 1. The molecule has 0 aliphatic heterocycles. The Kier molecular flexibility index (Phi) is 5.46. The van der Waals surface area contributed by atoms with E-state index in [0.29, 0.717) is 5.56 Å². The molecule has 0 unspecified atom stereocenters. The third-order valence-electron chi connectivity index (χ3n) is 3.94. The van der Waals surface area contributed by atoms with Gasteiger partial charge in [-0.25, -0.2) is 4.39 Å². The smallest absolute Gasteiger partial charge is 0.311 e. The minimum absolute atomic E-state index is 0.0740. The molecule has 0 saturated carbocycles. The minimum Gasteiger partial charge on any atom is -0.490 e. The van der Waals surface area contributed by atoms with Gasteiger partial charge in [0, 0.05) is 16.5 Å². The SMILES string of the molecule is COc1ccc(C(=O)N[C@H](c2ccc(F)cc2)c2cccs2)cc1[N+](=O)[O-]. The molecular formula is C19H15FN2O4S. The summed E-state index contributed by atoms with van der Waals surface area (Å²) in [6, 6.07) is 13.0. The van der Waals surface area contributed by atoms with Crippen molar-refractivity contribution in [1.82, 2.24) is 5.32 Å². The number of nitro groups is 1. The predicted octanol–water partition coefficient (Wildman–Crippen LogP) is 4.32. The van der Waals surface area contributed by atoms with Crippen molar-refractivity contribution in [1.29, 1.82) is 0 Å². The van der Waals surface area contributed by atoms with Crippen LogP contribution >= 0.6 is 11.3 Å². The van der Waals surface area contributed by atoms with Crippen molar-refractivity contribution in [2.24, 2.45) is 0 Å². The Morgan fingerprint density at radius 3 is 2.56 bits per heavy atom. The van der Waals surface area contributed by atoms with Crippen molar-refractivity contribution in [3.05, 3.63) is 91.9 Å². The molecule has 1 amide bonds. The lowest BCUT2D eigenvalue weighted by Gasteiger charge is -2.18. The third-order valence-corrected chi connectivity index (χ3v) is 4.88. The summed E-state index contributed by atoms with van der Waals surface area (Å²) in [5, 5.41) is 15.9. The number of methoxy groups -OCH3 is 1. The molecule has 27 heavy (non-hydrogen) atoms. The van der Waals surface area contributed by atoms with Crippen LogP contribution in [0.3, 0.4) is 0 Å². The van der Waals surface area contributed by atoms with Gasteiger partial charge in [0.05, 0.1) is 18.1 Å². The lowest BCUT2D eigenvalue weighted by Crippen LogP contribution is -2.28. The quantitative estimate of drug-likeness (QED) is 0.505. The molecule has 0 saturated heterocycles. The highest BCUT2D eigenvalue weighted by molar-refractivity contribution is 7.10. The van der Waals surface area contributed by atoms with Gasteiger partial charge in [-0.3, -0.25) is 14.9 Å². The monoisotopic (exact) mass is 386 g/mol. The van der Waals surface area contributed by atoms with Crippen molar-refractivity contribution in [3.8, 4) is 5.75 Å². The van der Waals surface area contributed by atoms with Gasteiger partial charge in [-0.05, 0) is 41.3 Å². The molecular weight excluding hydrogens is 371 g/mol. The number of carbonyl (C=O) groups is 1. The molecule has 8 heteroatoms. The van der Waals surface area contributed by atoms with E-state index in [9.17, 15) is 19.3 Å². The van der Waals surface area contributed by atoms with E-state index in [1.165, 1.54) is 48.8 Å². The normalized spacial score (nSPS) is 11.6. The van der Waals surface area contributed by atoms with E-state index in [1.54, 1.807) is 12.1 Å². The fraction of sp³-hybridized carbons (Fsp3) is 0.105. The van der Waals surface area contributed by atoms with Crippen LogP contribution in [0.4, 0.5) is 10.1 Å². The van der Waals surface area contributed by atoms with Crippen molar-refractivity contribution in [3.63, 3.8) is 0 Å². The van der Waals surface area contributed by atoms with Crippen molar-refractivity contribution in [2.75, 3.05) is 7.11 Å². The molecule has 6 nitrogen and oxygen atoms in total. The molecule has 0 aliphatic carbocycles. The minimum atomic E-state index is -0.605. The van der Waals surface area contributed by atoms with Gasteiger partial charge in [0.2, 0.25) is 0 Å². The number of amides is 1. The zero-order valence-electron chi connectivity index (χ0n) is 14.2. The number of hydrogen-bond donors (Lipinski definition) is 1. The molecule has 138 valence electrons. The zero-order chi connectivity index (χ0) is 19.4. The maximum absolute atomic E-state index is 13.3. The van der Waals surface area contributed by atoms with Gasteiger partial charge in [0.1, 0.15) is 5.82 Å². The van der Waals surface area contributed by atoms with Crippen molar-refractivity contribution < 1.29 is 18.8 Å². The Balaban J connectivity index is 1.92. The summed E-state index contributed by atoms with van der Waals surface area (Å²) in [5.41, 5.74) is 0.543. The Morgan fingerprint density at radius 2 is 1.96 bits per heavy atom. The Labute approximate surface area is 158 Å². The lowest BCUT2D eigenvalue weighted by atomic mass is 10.0. The van der Waals surface area contributed by atoms with Gasteiger partial charge in [0.25, 0.3) is 5.91 Å². The van der Waals surface area contributed by atoms with Gasteiger partial charge >= 0.3 is 5.69 Å². The Hall–Kier alpha value is -3.26. The summed E-state index contributed by atoms with van der Waals surface area (Å²) in [4.78, 5) is 24.2. The fourth-order valence-electron chi connectivity index (χ4n) is 2.62. The van der Waals surface area contributed by atoms with Crippen LogP contribution in [0, 0.1) is 15.9 Å². The number of thiophene rings is 1. The zero-order valence-corrected chi connectivity index (χ0v) is 15.0. The first-order chi connectivity index (χ1) is 13.0. The van der Waals surface area contributed by atoms with Gasteiger partial charge in [-0.2, -0.15) is 0 Å². The number of nitro benzene ring substituents is 1. The van der Waals surface area contributed by atoms with Crippen LogP contribution in [0.15, 0.2) is 60.0 Å². The highest BCUT2D eigenvalue weighted by Crippen LogP contribution is 2.29. The summed E-state index contributed by atoms with van der Waals surface area (Å²) < 4.78 is 18.2. The number of halogens is 1. The maximum Gasteiger partial charge on any atom is 0.311 e. The molecule has 1 atom stereocenters. The predicted molar refractivity (Wildman–Crippen MR) is 99.7 cm³/mol. The number of nitrogens with one attached hydrogen (secondary N) is 1. The molecule has 1 aromatic heterocycles. The Morgan fingerprint density at radius 1 is 1.22 bits per heavy atom. The second kappa shape index (κ2) is 7.96. The van der Waals surface area contributed by atoms with E-state index >= 15 is 0 Å². The van der Waals surface area contributed by atoms with Crippen LogP contribution in [-0.4, -0.2) is 17.9 Å². The molecule has 1 heterocycles. The number of ether oxygens (including phenoxy) is 1. The van der Waals surface area contributed by atoms with Crippen LogP contribution in [0.25, 0.3) is 0 Å². The third kappa shape index (κ3) is 4.12. The number of hydrogen-bond acceptors (Lipinski definition) is 5.